The van der Waals surface area contributed by atoms with Crippen molar-refractivity contribution in [3.05, 3.63) is 24.2 Å². The van der Waals surface area contributed by atoms with Gasteiger partial charge in [-0.1, -0.05) is 6.92 Å². The summed E-state index contributed by atoms with van der Waals surface area (Å²) in [5.74, 6) is -0.161. The van der Waals surface area contributed by atoms with E-state index in [2.05, 4.69) is 10.6 Å². The number of urea groups is 1. The predicted octanol–water partition coefficient (Wildman–Crippen LogP) is 0.273. The number of furan rings is 1. The molecule has 0 aromatic carbocycles. The fourth-order valence-corrected chi connectivity index (χ4v) is 2.32. The molecule has 4 amide bonds. The van der Waals surface area contributed by atoms with Gasteiger partial charge in [0.25, 0.3) is 5.91 Å². The Morgan fingerprint density at radius 2 is 1.96 bits per heavy atom. The van der Waals surface area contributed by atoms with Crippen LogP contribution >= 0.6 is 0 Å². The molecule has 23 heavy (non-hydrogen) atoms. The first-order chi connectivity index (χ1) is 11.1. The second kappa shape index (κ2) is 8.33. The fourth-order valence-electron chi connectivity index (χ4n) is 2.32. The highest BCUT2D eigenvalue weighted by Gasteiger charge is 2.24. The molecule has 1 aromatic rings. The molecule has 1 aliphatic rings. The first kappa shape index (κ1) is 17.0. The molecule has 8 nitrogen and oxygen atoms in total. The van der Waals surface area contributed by atoms with Gasteiger partial charge >= 0.3 is 6.03 Å². The topological polar surface area (TPSA) is 94.9 Å². The molecule has 0 unspecified atom stereocenters. The number of nitrogens with zero attached hydrogens (tertiary/aromatic N) is 2. The summed E-state index contributed by atoms with van der Waals surface area (Å²) < 4.78 is 5.10. The lowest BCUT2D eigenvalue weighted by Gasteiger charge is -2.33. The molecule has 126 valence electrons. The van der Waals surface area contributed by atoms with Gasteiger partial charge in [-0.05, 0) is 18.6 Å². The third-order valence-corrected chi connectivity index (χ3v) is 3.55. The molecule has 0 spiro atoms. The van der Waals surface area contributed by atoms with Gasteiger partial charge in [0.15, 0.2) is 5.76 Å². The van der Waals surface area contributed by atoms with Crippen LogP contribution in [0.2, 0.25) is 0 Å². The van der Waals surface area contributed by atoms with E-state index in [9.17, 15) is 14.4 Å². The van der Waals surface area contributed by atoms with Gasteiger partial charge < -0.3 is 14.6 Å². The minimum absolute atomic E-state index is 0.141. The Kier molecular flexibility index (Phi) is 6.16. The van der Waals surface area contributed by atoms with E-state index in [1.165, 1.54) is 6.26 Å². The highest BCUT2D eigenvalue weighted by atomic mass is 16.3. The van der Waals surface area contributed by atoms with E-state index in [1.54, 1.807) is 17.0 Å². The van der Waals surface area contributed by atoms with Crippen molar-refractivity contribution in [3.63, 3.8) is 0 Å². The largest absolute Gasteiger partial charge is 0.459 e. The zero-order valence-electron chi connectivity index (χ0n) is 13.2. The molecule has 0 radical (unpaired) electrons. The van der Waals surface area contributed by atoms with Gasteiger partial charge in [0.2, 0.25) is 5.91 Å². The smallest absolute Gasteiger partial charge is 0.321 e. The number of carbonyl (C=O) groups is 3. The lowest BCUT2D eigenvalue weighted by Crippen LogP contribution is -2.52. The van der Waals surface area contributed by atoms with Gasteiger partial charge in [0.1, 0.15) is 0 Å². The summed E-state index contributed by atoms with van der Waals surface area (Å²) in [7, 11) is 0. The van der Waals surface area contributed by atoms with Crippen molar-refractivity contribution in [2.75, 3.05) is 39.3 Å². The van der Waals surface area contributed by atoms with Gasteiger partial charge in [-0.25, -0.2) is 4.79 Å². The van der Waals surface area contributed by atoms with Crippen LogP contribution in [0.3, 0.4) is 0 Å². The molecule has 1 fully saturated rings. The van der Waals surface area contributed by atoms with Crippen LogP contribution in [0.4, 0.5) is 4.79 Å². The Bertz CT molecular complexity index is 536. The third kappa shape index (κ3) is 5.10. The number of carbonyl (C=O) groups excluding carboxylic acids is 3. The molecule has 1 aliphatic heterocycles. The summed E-state index contributed by atoms with van der Waals surface area (Å²) in [4.78, 5) is 38.9. The minimum atomic E-state index is -0.469. The van der Waals surface area contributed by atoms with Crippen molar-refractivity contribution in [3.8, 4) is 0 Å². The Hall–Kier alpha value is -2.35. The van der Waals surface area contributed by atoms with Crippen LogP contribution in [0.15, 0.2) is 22.8 Å². The Morgan fingerprint density at radius 3 is 2.57 bits per heavy atom. The van der Waals surface area contributed by atoms with E-state index in [4.69, 9.17) is 4.42 Å². The van der Waals surface area contributed by atoms with Crippen molar-refractivity contribution < 1.29 is 18.8 Å². The molecule has 0 aliphatic carbocycles. The quantitative estimate of drug-likeness (QED) is 0.811. The highest BCUT2D eigenvalue weighted by Crippen LogP contribution is 2.09. The molecule has 8 heteroatoms. The SMILES string of the molecule is CCCNC(=O)NC(=O)CN1CCN(C(=O)c2ccco2)CC1. The molecular weight excluding hydrogens is 300 g/mol. The van der Waals surface area contributed by atoms with E-state index in [0.717, 1.165) is 6.42 Å². The molecule has 1 saturated heterocycles. The van der Waals surface area contributed by atoms with Crippen LogP contribution in [0.25, 0.3) is 0 Å². The van der Waals surface area contributed by atoms with E-state index in [0.29, 0.717) is 38.5 Å². The van der Waals surface area contributed by atoms with Gasteiger partial charge in [-0.2, -0.15) is 0 Å². The van der Waals surface area contributed by atoms with Crippen molar-refractivity contribution in [2.45, 2.75) is 13.3 Å². The Balaban J connectivity index is 1.71. The van der Waals surface area contributed by atoms with Crippen molar-refractivity contribution >= 4 is 17.8 Å². The monoisotopic (exact) mass is 322 g/mol. The molecule has 1 aromatic heterocycles. The van der Waals surface area contributed by atoms with Gasteiger partial charge in [-0.3, -0.25) is 19.8 Å². The predicted molar refractivity (Wildman–Crippen MR) is 82.9 cm³/mol. The van der Waals surface area contributed by atoms with Crippen molar-refractivity contribution in [2.24, 2.45) is 0 Å². The van der Waals surface area contributed by atoms with Crippen LogP contribution in [-0.2, 0) is 4.79 Å². The zero-order valence-corrected chi connectivity index (χ0v) is 13.2. The number of hydrogen-bond donors (Lipinski definition) is 2. The van der Waals surface area contributed by atoms with Gasteiger partial charge in [0.05, 0.1) is 12.8 Å². The van der Waals surface area contributed by atoms with E-state index in [-0.39, 0.29) is 18.4 Å². The molecule has 0 saturated carbocycles. The fraction of sp³-hybridized carbons (Fsp3) is 0.533. The van der Waals surface area contributed by atoms with Crippen LogP contribution in [0, 0.1) is 0 Å². The van der Waals surface area contributed by atoms with Crippen LogP contribution in [-0.4, -0.2) is 66.9 Å². The average Bonchev–Trinajstić information content (AvgIpc) is 3.07. The minimum Gasteiger partial charge on any atom is -0.459 e. The molecule has 0 bridgehead atoms. The number of rotatable bonds is 5. The average molecular weight is 322 g/mol. The zero-order chi connectivity index (χ0) is 16.7. The standard InChI is InChI=1S/C15H22N4O4/c1-2-5-16-15(22)17-13(20)11-18-6-8-19(9-7-18)14(21)12-4-3-10-23-12/h3-4,10H,2,5-9,11H2,1H3,(H2,16,17,20,22). The van der Waals surface area contributed by atoms with Gasteiger partial charge in [-0.15, -0.1) is 0 Å². The number of amides is 4. The number of nitrogens with one attached hydrogen (secondary N) is 2. The summed E-state index contributed by atoms with van der Waals surface area (Å²) in [6.07, 6.45) is 2.28. The Morgan fingerprint density at radius 1 is 1.22 bits per heavy atom. The van der Waals surface area contributed by atoms with Crippen molar-refractivity contribution in [1.29, 1.82) is 0 Å². The maximum absolute atomic E-state index is 12.1. The molecule has 2 N–H and O–H groups in total. The first-order valence-electron chi connectivity index (χ1n) is 7.73. The molecule has 0 atom stereocenters. The van der Waals surface area contributed by atoms with Crippen LogP contribution in [0.1, 0.15) is 23.9 Å². The normalized spacial score (nSPS) is 15.3. The number of imide groups is 1. The number of hydrogen-bond acceptors (Lipinski definition) is 5. The van der Waals surface area contributed by atoms with Crippen molar-refractivity contribution in [1.82, 2.24) is 20.4 Å². The van der Waals surface area contributed by atoms with Gasteiger partial charge in [0, 0.05) is 32.7 Å². The van der Waals surface area contributed by atoms with E-state index < -0.39 is 6.03 Å². The summed E-state index contributed by atoms with van der Waals surface area (Å²) >= 11 is 0. The molecule has 2 rings (SSSR count). The Labute approximate surface area is 134 Å². The maximum Gasteiger partial charge on any atom is 0.321 e. The highest BCUT2D eigenvalue weighted by molar-refractivity contribution is 5.95. The van der Waals surface area contributed by atoms with Crippen LogP contribution < -0.4 is 10.6 Å². The second-order valence-electron chi connectivity index (χ2n) is 5.35. The van der Waals surface area contributed by atoms with E-state index >= 15 is 0 Å². The van der Waals surface area contributed by atoms with Crippen LogP contribution in [0.5, 0.6) is 0 Å². The lowest BCUT2D eigenvalue weighted by atomic mass is 10.3. The third-order valence-electron chi connectivity index (χ3n) is 3.55. The number of piperazine rings is 1. The summed E-state index contributed by atoms with van der Waals surface area (Å²) in [6, 6.07) is 2.84. The summed E-state index contributed by atoms with van der Waals surface area (Å²) in [6.45, 7) is 4.82. The molecule has 2 heterocycles. The van der Waals surface area contributed by atoms with E-state index in [1.807, 2.05) is 11.8 Å². The lowest BCUT2D eigenvalue weighted by molar-refractivity contribution is -0.121. The maximum atomic E-state index is 12.1. The summed E-state index contributed by atoms with van der Waals surface area (Å²) in [5, 5.41) is 4.88. The second-order valence-corrected chi connectivity index (χ2v) is 5.35. The first-order valence-corrected chi connectivity index (χ1v) is 7.73. The summed E-state index contributed by atoms with van der Waals surface area (Å²) in [5.41, 5.74) is 0. The molecular formula is C15H22N4O4.